The Morgan fingerprint density at radius 2 is 1.31 bits per heavy atom. The molecule has 2 rings (SSSR count). The summed E-state index contributed by atoms with van der Waals surface area (Å²) in [4.78, 5) is 64.1. The van der Waals surface area contributed by atoms with Gasteiger partial charge in [0.1, 0.15) is 23.7 Å². The molecule has 0 aliphatic carbocycles. The van der Waals surface area contributed by atoms with Crippen LogP contribution in [0.5, 0.6) is 0 Å². The molecule has 2 aromatic rings. The van der Waals surface area contributed by atoms with E-state index in [1.54, 1.807) is 84.9 Å². The molecule has 13 heteroatoms. The Balaban J connectivity index is 2.32. The fourth-order valence-electron chi connectivity index (χ4n) is 4.06. The molecule has 5 amide bonds. The lowest BCUT2D eigenvalue weighted by molar-refractivity contribution is -0.139. The molecule has 2 aromatic carbocycles. The highest BCUT2D eigenvalue weighted by atomic mass is 35.5. The minimum Gasteiger partial charge on any atom is -0.444 e. The molecule has 6 N–H and O–H groups in total. The molecule has 4 atom stereocenters. The highest BCUT2D eigenvalue weighted by molar-refractivity contribution is 6.30. The van der Waals surface area contributed by atoms with Crippen molar-refractivity contribution >= 4 is 41.3 Å². The molecule has 0 aromatic heterocycles. The number of carbonyl (C=O) groups is 5. The summed E-state index contributed by atoms with van der Waals surface area (Å²) >= 11 is 5.98. The first-order valence-electron chi connectivity index (χ1n) is 14.5. The molecule has 0 saturated carbocycles. The van der Waals surface area contributed by atoms with E-state index in [9.17, 15) is 24.0 Å². The number of halogens is 1. The Morgan fingerprint density at radius 1 is 0.778 bits per heavy atom. The number of hydrogen-bond donors (Lipinski definition) is 5. The second-order valence-electron chi connectivity index (χ2n) is 12.5. The van der Waals surface area contributed by atoms with E-state index in [2.05, 4.69) is 21.3 Å². The van der Waals surface area contributed by atoms with E-state index in [1.807, 2.05) is 12.1 Å². The van der Waals surface area contributed by atoms with Gasteiger partial charge in [0.05, 0.1) is 18.2 Å². The van der Waals surface area contributed by atoms with E-state index in [4.69, 9.17) is 26.8 Å². The Morgan fingerprint density at radius 3 is 1.80 bits per heavy atom. The number of rotatable bonds is 12. The predicted octanol–water partition coefficient (Wildman–Crippen LogP) is 3.31. The number of alkyl carbamates (subject to hydrolysis) is 1. The fraction of sp³-hybridized carbons (Fsp3) is 0.469. The number of amides is 5. The number of nitrogens with one attached hydrogen (secondary N) is 4. The van der Waals surface area contributed by atoms with Gasteiger partial charge in [-0.2, -0.15) is 0 Å². The van der Waals surface area contributed by atoms with Crippen molar-refractivity contribution < 1.29 is 33.4 Å². The van der Waals surface area contributed by atoms with Gasteiger partial charge < -0.3 is 36.5 Å². The van der Waals surface area contributed by atoms with Crippen LogP contribution in [0.1, 0.15) is 65.7 Å². The van der Waals surface area contributed by atoms with Crippen molar-refractivity contribution in [2.24, 2.45) is 5.73 Å². The van der Waals surface area contributed by atoms with Crippen molar-refractivity contribution in [1.29, 1.82) is 0 Å². The molecule has 0 aliphatic rings. The smallest absolute Gasteiger partial charge is 0.407 e. The highest BCUT2D eigenvalue weighted by Gasteiger charge is 2.34. The van der Waals surface area contributed by atoms with Crippen LogP contribution in [0.15, 0.2) is 48.5 Å². The van der Waals surface area contributed by atoms with Crippen LogP contribution in [0, 0.1) is 0 Å². The normalized spacial score (nSPS) is 14.2. The van der Waals surface area contributed by atoms with E-state index in [-0.39, 0.29) is 12.1 Å². The van der Waals surface area contributed by atoms with Gasteiger partial charge in [0, 0.05) is 10.6 Å². The van der Waals surface area contributed by atoms with E-state index < -0.39 is 65.2 Å². The van der Waals surface area contributed by atoms with Crippen LogP contribution in [0.3, 0.4) is 0 Å². The number of ether oxygens (including phenoxy) is 2. The van der Waals surface area contributed by atoms with E-state index in [0.29, 0.717) is 5.02 Å². The molecule has 246 valence electrons. The summed E-state index contributed by atoms with van der Waals surface area (Å²) in [7, 11) is 0. The second kappa shape index (κ2) is 15.7. The van der Waals surface area contributed by atoms with E-state index >= 15 is 0 Å². The average molecular weight is 646 g/mol. The lowest BCUT2D eigenvalue weighted by Crippen LogP contribution is -2.61. The van der Waals surface area contributed by atoms with Crippen LogP contribution in [0.2, 0.25) is 5.02 Å². The number of hydrogen-bond acceptors (Lipinski definition) is 7. The third-order valence-electron chi connectivity index (χ3n) is 6.17. The molecular weight excluding hydrogens is 602 g/mol. The number of nitrogens with two attached hydrogens (primary N) is 1. The molecule has 0 heterocycles. The lowest BCUT2D eigenvalue weighted by Gasteiger charge is -2.32. The first-order valence-corrected chi connectivity index (χ1v) is 14.8. The number of primary amides is 1. The maximum Gasteiger partial charge on any atom is 0.407 e. The minimum absolute atomic E-state index is 0.247. The zero-order chi connectivity index (χ0) is 34.1. The third kappa shape index (κ3) is 12.8. The van der Waals surface area contributed by atoms with Crippen LogP contribution < -0.4 is 27.0 Å². The maximum atomic E-state index is 13.6. The quantitative estimate of drug-likeness (QED) is 0.235. The third-order valence-corrected chi connectivity index (χ3v) is 6.42. The van der Waals surface area contributed by atoms with Crippen LogP contribution in [-0.4, -0.2) is 71.7 Å². The second-order valence-corrected chi connectivity index (χ2v) is 13.0. The summed E-state index contributed by atoms with van der Waals surface area (Å²) in [6.45, 7) is 13.0. The Hall–Kier alpha value is -4.16. The molecule has 45 heavy (non-hydrogen) atoms. The van der Waals surface area contributed by atoms with Gasteiger partial charge >= 0.3 is 6.09 Å². The Labute approximate surface area is 269 Å². The molecule has 0 bridgehead atoms. The molecule has 0 spiro atoms. The molecule has 0 unspecified atom stereocenters. The van der Waals surface area contributed by atoms with Crippen molar-refractivity contribution in [1.82, 2.24) is 21.3 Å². The van der Waals surface area contributed by atoms with Gasteiger partial charge in [-0.3, -0.25) is 19.2 Å². The predicted molar refractivity (Wildman–Crippen MR) is 171 cm³/mol. The minimum atomic E-state index is -1.34. The molecule has 0 fully saturated rings. The van der Waals surface area contributed by atoms with Gasteiger partial charge in [0.15, 0.2) is 0 Å². The van der Waals surface area contributed by atoms with Gasteiger partial charge in [0.2, 0.25) is 17.7 Å². The zero-order valence-electron chi connectivity index (χ0n) is 26.9. The summed E-state index contributed by atoms with van der Waals surface area (Å²) in [6.07, 6.45) is -1.68. The van der Waals surface area contributed by atoms with E-state index in [1.165, 1.54) is 6.92 Å². The lowest BCUT2D eigenvalue weighted by atomic mass is 10.0. The van der Waals surface area contributed by atoms with Crippen molar-refractivity contribution in [2.75, 3.05) is 6.54 Å². The van der Waals surface area contributed by atoms with E-state index in [0.717, 1.165) is 11.1 Å². The summed E-state index contributed by atoms with van der Waals surface area (Å²) in [5.74, 6) is -2.90. The Bertz CT molecular complexity index is 1350. The standard InChI is InChI=1S/C32H44ClN5O7/c1-18(26(34)39)36-29(42)25(19(2)44-31(3,4)5)38-28(41)24(17-35-30(43)45-32(6,7)8)37-27(40)22-11-9-20(10-12-22)21-13-15-23(33)16-14-21/h9-16,18-19,24-25H,17H2,1-8H3,(H2,34,39)(H,35,43)(H,36,42)(H,37,40)(H,38,41)/t18-,19+,24-,25-/m0/s1. The summed E-state index contributed by atoms with van der Waals surface area (Å²) < 4.78 is 11.2. The molecular formula is C32H44ClN5O7. The molecule has 0 radical (unpaired) electrons. The van der Waals surface area contributed by atoms with Gasteiger partial charge in [-0.25, -0.2) is 4.79 Å². The first-order chi connectivity index (χ1) is 20.8. The van der Waals surface area contributed by atoms with Crippen LogP contribution in [-0.2, 0) is 23.9 Å². The molecule has 12 nitrogen and oxygen atoms in total. The van der Waals surface area contributed by atoms with Crippen molar-refractivity contribution in [3.05, 3.63) is 59.1 Å². The van der Waals surface area contributed by atoms with Gasteiger partial charge in [-0.1, -0.05) is 35.9 Å². The van der Waals surface area contributed by atoms with Crippen LogP contribution in [0.4, 0.5) is 4.79 Å². The number of benzene rings is 2. The number of carbonyl (C=O) groups excluding carboxylic acids is 5. The summed E-state index contributed by atoms with van der Waals surface area (Å²) in [6, 6.07) is 10.2. The van der Waals surface area contributed by atoms with Crippen molar-refractivity contribution in [3.8, 4) is 11.1 Å². The van der Waals surface area contributed by atoms with Crippen LogP contribution >= 0.6 is 11.6 Å². The Kier molecular flexibility index (Phi) is 12.9. The maximum absolute atomic E-state index is 13.6. The van der Waals surface area contributed by atoms with Crippen molar-refractivity contribution in [2.45, 2.75) is 90.8 Å². The van der Waals surface area contributed by atoms with Crippen molar-refractivity contribution in [3.63, 3.8) is 0 Å². The van der Waals surface area contributed by atoms with Gasteiger partial charge in [-0.05, 0) is 90.8 Å². The van der Waals surface area contributed by atoms with Crippen LogP contribution in [0.25, 0.3) is 11.1 Å². The SMILES string of the molecule is C[C@H](NC(=O)[C@@H](NC(=O)[C@H](CNC(=O)OC(C)(C)C)NC(=O)c1ccc(-c2ccc(Cl)cc2)cc1)[C@@H](C)OC(C)(C)C)C(N)=O. The van der Waals surface area contributed by atoms with Gasteiger partial charge in [0.25, 0.3) is 5.91 Å². The molecule has 0 aliphatic heterocycles. The molecule has 0 saturated heterocycles. The summed E-state index contributed by atoms with van der Waals surface area (Å²) in [5.41, 5.74) is 5.79. The first kappa shape index (κ1) is 37.0. The largest absolute Gasteiger partial charge is 0.444 e. The summed E-state index contributed by atoms with van der Waals surface area (Å²) in [5, 5.41) is 10.8. The topological polar surface area (TPSA) is 178 Å². The fourth-order valence-corrected chi connectivity index (χ4v) is 4.18. The highest BCUT2D eigenvalue weighted by Crippen LogP contribution is 2.22. The van der Waals surface area contributed by atoms with Gasteiger partial charge in [-0.15, -0.1) is 0 Å². The average Bonchev–Trinajstić information content (AvgIpc) is 2.92. The zero-order valence-corrected chi connectivity index (χ0v) is 27.7. The monoisotopic (exact) mass is 645 g/mol.